The number of rotatable bonds is 6. The molecule has 1 saturated heterocycles. The highest BCUT2D eigenvalue weighted by molar-refractivity contribution is 6.30. The van der Waals surface area contributed by atoms with Crippen LogP contribution in [-0.2, 0) is 9.59 Å². The lowest BCUT2D eigenvalue weighted by Crippen LogP contribution is -2.56. The highest BCUT2D eigenvalue weighted by Crippen LogP contribution is 2.32. The molecule has 0 bridgehead atoms. The van der Waals surface area contributed by atoms with Gasteiger partial charge in [-0.2, -0.15) is 0 Å². The van der Waals surface area contributed by atoms with Gasteiger partial charge in [0.25, 0.3) is 0 Å². The average Bonchev–Trinajstić information content (AvgIpc) is 3.18. The Morgan fingerprint density at radius 2 is 1.84 bits per heavy atom. The Balaban J connectivity index is 1.74. The van der Waals surface area contributed by atoms with Crippen molar-refractivity contribution in [3.63, 3.8) is 0 Å². The molecule has 2 aromatic rings. The van der Waals surface area contributed by atoms with Crippen LogP contribution in [0.5, 0.6) is 0 Å². The first-order valence-corrected chi connectivity index (χ1v) is 10.2. The van der Waals surface area contributed by atoms with E-state index in [0.717, 1.165) is 5.56 Å². The molecule has 164 valence electrons. The zero-order valence-corrected chi connectivity index (χ0v) is 17.6. The van der Waals surface area contributed by atoms with E-state index in [9.17, 15) is 24.6 Å². The predicted octanol–water partition coefficient (Wildman–Crippen LogP) is 2.68. The second-order valence-electron chi connectivity index (χ2n) is 7.52. The van der Waals surface area contributed by atoms with Gasteiger partial charge in [0, 0.05) is 23.2 Å². The van der Waals surface area contributed by atoms with Crippen molar-refractivity contribution < 1.29 is 24.6 Å². The Labute approximate surface area is 184 Å². The van der Waals surface area contributed by atoms with Gasteiger partial charge < -0.3 is 25.7 Å². The standard InChI is InChI=1S/C22H24ClN3O5/c1-13(27)19(25-22(31)24-17-9-5-8-16(23)11-17)20(28)26-12-15(10-18(26)21(29)30)14-6-3-2-4-7-14/h2-9,11,13,15,18-19,27H,10,12H2,1H3,(H,29,30)(H2,24,25,31)/t13?,15-,18-,19?/m1/s1. The van der Waals surface area contributed by atoms with E-state index in [-0.39, 0.29) is 18.9 Å². The quantitative estimate of drug-likeness (QED) is 0.545. The number of halogens is 1. The number of hydrogen-bond donors (Lipinski definition) is 4. The van der Waals surface area contributed by atoms with Crippen LogP contribution in [-0.4, -0.2) is 57.8 Å². The summed E-state index contributed by atoms with van der Waals surface area (Å²) < 4.78 is 0. The fourth-order valence-electron chi connectivity index (χ4n) is 3.72. The van der Waals surface area contributed by atoms with Crippen LogP contribution in [0.1, 0.15) is 24.8 Å². The number of carbonyl (C=O) groups is 3. The molecular weight excluding hydrogens is 422 g/mol. The zero-order chi connectivity index (χ0) is 22.5. The van der Waals surface area contributed by atoms with Crippen LogP contribution >= 0.6 is 11.6 Å². The third-order valence-corrected chi connectivity index (χ3v) is 5.49. The van der Waals surface area contributed by atoms with E-state index in [4.69, 9.17) is 11.6 Å². The number of carboxylic acids is 1. The minimum atomic E-state index is -1.31. The van der Waals surface area contributed by atoms with Gasteiger partial charge in [-0.3, -0.25) is 4.79 Å². The number of carbonyl (C=O) groups excluding carboxylic acids is 2. The summed E-state index contributed by atoms with van der Waals surface area (Å²) in [6, 6.07) is 12.7. The molecule has 0 radical (unpaired) electrons. The Kier molecular flexibility index (Phi) is 7.14. The predicted molar refractivity (Wildman–Crippen MR) is 116 cm³/mol. The van der Waals surface area contributed by atoms with E-state index in [0.29, 0.717) is 10.7 Å². The summed E-state index contributed by atoms with van der Waals surface area (Å²) in [6.45, 7) is 1.55. The van der Waals surface area contributed by atoms with Gasteiger partial charge in [0.1, 0.15) is 12.1 Å². The van der Waals surface area contributed by atoms with Gasteiger partial charge in [-0.05, 0) is 37.1 Å². The van der Waals surface area contributed by atoms with Gasteiger partial charge in [-0.1, -0.05) is 48.0 Å². The number of nitrogens with zero attached hydrogens (tertiary/aromatic N) is 1. The summed E-state index contributed by atoms with van der Waals surface area (Å²) >= 11 is 5.90. The van der Waals surface area contributed by atoms with E-state index >= 15 is 0 Å². The molecule has 1 aliphatic rings. The fraction of sp³-hybridized carbons (Fsp3) is 0.318. The first-order chi connectivity index (χ1) is 14.8. The second-order valence-corrected chi connectivity index (χ2v) is 7.95. The van der Waals surface area contributed by atoms with Crippen molar-refractivity contribution in [3.05, 3.63) is 65.2 Å². The number of hydrogen-bond acceptors (Lipinski definition) is 4. The number of aliphatic hydroxyl groups excluding tert-OH is 1. The second kappa shape index (κ2) is 9.80. The molecule has 9 heteroatoms. The maximum Gasteiger partial charge on any atom is 0.326 e. The lowest BCUT2D eigenvalue weighted by Gasteiger charge is -2.29. The number of urea groups is 1. The topological polar surface area (TPSA) is 119 Å². The van der Waals surface area contributed by atoms with Crippen molar-refractivity contribution in [2.75, 3.05) is 11.9 Å². The minimum absolute atomic E-state index is 0.152. The van der Waals surface area contributed by atoms with Gasteiger partial charge in [-0.15, -0.1) is 0 Å². The van der Waals surface area contributed by atoms with Crippen molar-refractivity contribution in [1.29, 1.82) is 0 Å². The lowest BCUT2D eigenvalue weighted by atomic mass is 9.96. The number of carboxylic acid groups (broad SMARTS) is 1. The fourth-order valence-corrected chi connectivity index (χ4v) is 3.91. The van der Waals surface area contributed by atoms with Crippen molar-refractivity contribution in [2.24, 2.45) is 0 Å². The van der Waals surface area contributed by atoms with Gasteiger partial charge in [-0.25, -0.2) is 9.59 Å². The molecule has 3 amide bonds. The van der Waals surface area contributed by atoms with E-state index in [1.807, 2.05) is 30.3 Å². The van der Waals surface area contributed by atoms with Gasteiger partial charge in [0.15, 0.2) is 0 Å². The normalized spacial score (nSPS) is 20.0. The molecule has 0 saturated carbocycles. The summed E-state index contributed by atoms with van der Waals surface area (Å²) in [6.07, 6.45) is -0.977. The summed E-state index contributed by atoms with van der Waals surface area (Å²) in [5.74, 6) is -1.93. The van der Waals surface area contributed by atoms with Crippen LogP contribution in [0, 0.1) is 0 Å². The maximum atomic E-state index is 13.2. The molecule has 31 heavy (non-hydrogen) atoms. The molecule has 3 rings (SSSR count). The number of anilines is 1. The van der Waals surface area contributed by atoms with Crippen LogP contribution in [0.25, 0.3) is 0 Å². The van der Waals surface area contributed by atoms with E-state index < -0.39 is 36.1 Å². The third-order valence-electron chi connectivity index (χ3n) is 5.26. The number of aliphatic hydroxyl groups is 1. The van der Waals surface area contributed by atoms with Crippen molar-refractivity contribution in [3.8, 4) is 0 Å². The molecule has 0 spiro atoms. The van der Waals surface area contributed by atoms with E-state index in [2.05, 4.69) is 10.6 Å². The summed E-state index contributed by atoms with van der Waals surface area (Å²) in [4.78, 5) is 38.6. The molecule has 1 heterocycles. The van der Waals surface area contributed by atoms with Crippen LogP contribution in [0.4, 0.5) is 10.5 Å². The third kappa shape index (κ3) is 5.53. The molecule has 2 aromatic carbocycles. The number of aliphatic carboxylic acids is 1. The van der Waals surface area contributed by atoms with Crippen LogP contribution in [0.15, 0.2) is 54.6 Å². The number of benzene rings is 2. The molecule has 4 N–H and O–H groups in total. The van der Waals surface area contributed by atoms with Gasteiger partial charge in [0.05, 0.1) is 6.10 Å². The van der Waals surface area contributed by atoms with E-state index in [1.165, 1.54) is 17.9 Å². The molecule has 0 aliphatic carbocycles. The van der Waals surface area contributed by atoms with Crippen LogP contribution < -0.4 is 10.6 Å². The average molecular weight is 446 g/mol. The summed E-state index contributed by atoms with van der Waals surface area (Å²) in [5, 5.41) is 25.2. The summed E-state index contributed by atoms with van der Waals surface area (Å²) in [5.41, 5.74) is 1.35. The van der Waals surface area contributed by atoms with Crippen molar-refractivity contribution in [2.45, 2.75) is 37.5 Å². The van der Waals surface area contributed by atoms with Crippen LogP contribution in [0.3, 0.4) is 0 Å². The molecule has 2 unspecified atom stereocenters. The Bertz CT molecular complexity index is 953. The van der Waals surface area contributed by atoms with Crippen LogP contribution in [0.2, 0.25) is 5.02 Å². The van der Waals surface area contributed by atoms with E-state index in [1.54, 1.807) is 18.2 Å². The molecule has 1 aliphatic heterocycles. The maximum absolute atomic E-state index is 13.2. The SMILES string of the molecule is CC(O)C(NC(=O)Nc1cccc(Cl)c1)C(=O)N1C[C@H](c2ccccc2)C[C@@H]1C(=O)O. The molecule has 8 nitrogen and oxygen atoms in total. The summed E-state index contributed by atoms with van der Waals surface area (Å²) in [7, 11) is 0. The molecule has 0 aromatic heterocycles. The highest BCUT2D eigenvalue weighted by Gasteiger charge is 2.43. The highest BCUT2D eigenvalue weighted by atomic mass is 35.5. The smallest absolute Gasteiger partial charge is 0.326 e. The molecule has 1 fully saturated rings. The Morgan fingerprint density at radius 1 is 1.13 bits per heavy atom. The molecular formula is C22H24ClN3O5. The number of nitrogens with one attached hydrogen (secondary N) is 2. The largest absolute Gasteiger partial charge is 0.480 e. The van der Waals surface area contributed by atoms with Crippen molar-refractivity contribution in [1.82, 2.24) is 10.2 Å². The van der Waals surface area contributed by atoms with Crippen molar-refractivity contribution >= 4 is 35.2 Å². The Morgan fingerprint density at radius 3 is 2.45 bits per heavy atom. The number of amides is 3. The van der Waals surface area contributed by atoms with Gasteiger partial charge >= 0.3 is 12.0 Å². The Hall–Kier alpha value is -3.10. The lowest BCUT2D eigenvalue weighted by molar-refractivity contribution is -0.149. The monoisotopic (exact) mass is 445 g/mol. The van der Waals surface area contributed by atoms with Gasteiger partial charge in [0.2, 0.25) is 5.91 Å². The minimum Gasteiger partial charge on any atom is -0.480 e. The molecule has 4 atom stereocenters. The first-order valence-electron chi connectivity index (χ1n) is 9.85. The zero-order valence-electron chi connectivity index (χ0n) is 16.9. The number of likely N-dealkylation sites (tertiary alicyclic amines) is 1. The first kappa shape index (κ1) is 22.6.